The van der Waals surface area contributed by atoms with Gasteiger partial charge in [0.1, 0.15) is 6.61 Å². The normalized spacial score (nSPS) is 10.3. The molecule has 0 unspecified atom stereocenters. The molecule has 4 heteroatoms. The fourth-order valence-corrected chi connectivity index (χ4v) is 2.28. The molecule has 3 nitrogen and oxygen atoms in total. The van der Waals surface area contributed by atoms with Crippen LogP contribution in [0, 0.1) is 0 Å². The van der Waals surface area contributed by atoms with Crippen molar-refractivity contribution in [1.29, 1.82) is 0 Å². The van der Waals surface area contributed by atoms with Crippen molar-refractivity contribution in [3.8, 4) is 11.5 Å². The summed E-state index contributed by atoms with van der Waals surface area (Å²) in [6.07, 6.45) is 0. The second kappa shape index (κ2) is 7.31. The molecular weight excluding hydrogens is 320 g/mol. The molecular formula is C16H17BrO3. The van der Waals surface area contributed by atoms with Crippen molar-refractivity contribution in [2.24, 2.45) is 0 Å². The van der Waals surface area contributed by atoms with Crippen LogP contribution in [0.15, 0.2) is 46.9 Å². The van der Waals surface area contributed by atoms with Crippen molar-refractivity contribution in [2.75, 3.05) is 6.61 Å². The maximum Gasteiger partial charge on any atom is 0.167 e. The molecule has 0 radical (unpaired) electrons. The number of aliphatic hydroxyl groups is 1. The van der Waals surface area contributed by atoms with Gasteiger partial charge < -0.3 is 14.6 Å². The molecule has 0 fully saturated rings. The number of hydrogen-bond donors (Lipinski definition) is 1. The number of rotatable bonds is 6. The van der Waals surface area contributed by atoms with Crippen LogP contribution in [0.1, 0.15) is 18.1 Å². The molecule has 0 saturated carbocycles. The maximum atomic E-state index is 9.42. The molecule has 2 aromatic rings. The van der Waals surface area contributed by atoms with Crippen LogP contribution in [-0.4, -0.2) is 11.7 Å². The van der Waals surface area contributed by atoms with Crippen molar-refractivity contribution >= 4 is 15.9 Å². The number of hydrogen-bond acceptors (Lipinski definition) is 3. The maximum absolute atomic E-state index is 9.42. The third-order valence-corrected chi connectivity index (χ3v) is 3.63. The highest BCUT2D eigenvalue weighted by Gasteiger charge is 2.11. The first kappa shape index (κ1) is 14.9. The van der Waals surface area contributed by atoms with E-state index < -0.39 is 0 Å². The predicted molar refractivity (Wildman–Crippen MR) is 82.0 cm³/mol. The summed E-state index contributed by atoms with van der Waals surface area (Å²) in [5.74, 6) is 1.26. The zero-order valence-corrected chi connectivity index (χ0v) is 12.9. The zero-order chi connectivity index (χ0) is 14.4. The number of halogens is 1. The van der Waals surface area contributed by atoms with Crippen LogP contribution in [0.5, 0.6) is 11.5 Å². The Morgan fingerprint density at radius 1 is 1.00 bits per heavy atom. The van der Waals surface area contributed by atoms with Gasteiger partial charge in [0, 0.05) is 15.6 Å². The largest absolute Gasteiger partial charge is 0.490 e. The van der Waals surface area contributed by atoms with Gasteiger partial charge in [0.15, 0.2) is 11.5 Å². The Balaban J connectivity index is 2.21. The fourth-order valence-electron chi connectivity index (χ4n) is 1.88. The lowest BCUT2D eigenvalue weighted by Gasteiger charge is -2.15. The summed E-state index contributed by atoms with van der Waals surface area (Å²) in [6, 6.07) is 13.4. The molecule has 1 N–H and O–H groups in total. The summed E-state index contributed by atoms with van der Waals surface area (Å²) < 4.78 is 12.4. The van der Waals surface area contributed by atoms with Gasteiger partial charge in [-0.3, -0.25) is 0 Å². The smallest absolute Gasteiger partial charge is 0.167 e. The highest BCUT2D eigenvalue weighted by molar-refractivity contribution is 9.10. The molecule has 0 aliphatic rings. The van der Waals surface area contributed by atoms with E-state index in [0.29, 0.717) is 24.7 Å². The summed E-state index contributed by atoms with van der Waals surface area (Å²) in [5, 5.41) is 9.42. The van der Waals surface area contributed by atoms with Crippen LogP contribution in [0.25, 0.3) is 0 Å². The lowest BCUT2D eigenvalue weighted by molar-refractivity contribution is 0.243. The predicted octanol–water partition coefficient (Wildman–Crippen LogP) is 3.92. The molecule has 0 spiro atoms. The quantitative estimate of drug-likeness (QED) is 0.868. The second-order valence-corrected chi connectivity index (χ2v) is 5.07. The fraction of sp³-hybridized carbons (Fsp3) is 0.250. The third kappa shape index (κ3) is 3.52. The second-order valence-electron chi connectivity index (χ2n) is 4.22. The summed E-state index contributed by atoms with van der Waals surface area (Å²) in [5.41, 5.74) is 1.77. The molecule has 0 aliphatic heterocycles. The molecule has 0 heterocycles. The van der Waals surface area contributed by atoms with Crippen LogP contribution in [0.2, 0.25) is 0 Å². The third-order valence-electron chi connectivity index (χ3n) is 2.86. The van der Waals surface area contributed by atoms with Crippen LogP contribution in [0.4, 0.5) is 0 Å². The van der Waals surface area contributed by atoms with Crippen molar-refractivity contribution in [3.63, 3.8) is 0 Å². The van der Waals surface area contributed by atoms with Gasteiger partial charge in [0.25, 0.3) is 0 Å². The number of aliphatic hydroxyl groups excluding tert-OH is 1. The lowest BCUT2D eigenvalue weighted by Crippen LogP contribution is -2.03. The first-order valence-electron chi connectivity index (χ1n) is 6.48. The number of benzene rings is 2. The minimum absolute atomic E-state index is 0.0772. The highest BCUT2D eigenvalue weighted by Crippen LogP contribution is 2.32. The Morgan fingerprint density at radius 3 is 2.45 bits per heavy atom. The molecule has 0 saturated heterocycles. The van der Waals surface area contributed by atoms with Gasteiger partial charge in [0.2, 0.25) is 0 Å². The molecule has 0 bridgehead atoms. The van der Waals surface area contributed by atoms with E-state index in [1.54, 1.807) is 0 Å². The highest BCUT2D eigenvalue weighted by atomic mass is 79.9. The van der Waals surface area contributed by atoms with Gasteiger partial charge in [0.05, 0.1) is 13.2 Å². The van der Waals surface area contributed by atoms with Crippen molar-refractivity contribution in [1.82, 2.24) is 0 Å². The minimum atomic E-state index is -0.0772. The van der Waals surface area contributed by atoms with E-state index in [1.165, 1.54) is 0 Å². The first-order chi connectivity index (χ1) is 9.76. The van der Waals surface area contributed by atoms with Gasteiger partial charge in [-0.2, -0.15) is 0 Å². The summed E-state index contributed by atoms with van der Waals surface area (Å²) in [4.78, 5) is 0. The SMILES string of the molecule is CCOc1cccc(CO)c1OCc1ccccc1Br. The van der Waals surface area contributed by atoms with Gasteiger partial charge >= 0.3 is 0 Å². The van der Waals surface area contributed by atoms with Crippen molar-refractivity contribution in [2.45, 2.75) is 20.1 Å². The van der Waals surface area contributed by atoms with Gasteiger partial charge in [-0.25, -0.2) is 0 Å². The Labute approximate surface area is 127 Å². The van der Waals surface area contributed by atoms with E-state index in [4.69, 9.17) is 9.47 Å². The van der Waals surface area contributed by atoms with E-state index in [0.717, 1.165) is 15.6 Å². The van der Waals surface area contributed by atoms with Gasteiger partial charge in [-0.1, -0.05) is 46.3 Å². The standard InChI is InChI=1S/C16H17BrO3/c1-2-19-15-9-5-7-12(10-18)16(15)20-11-13-6-3-4-8-14(13)17/h3-9,18H,2,10-11H2,1H3. The Kier molecular flexibility index (Phi) is 5.44. The van der Waals surface area contributed by atoms with Gasteiger partial charge in [-0.15, -0.1) is 0 Å². The molecule has 0 aromatic heterocycles. The van der Waals surface area contributed by atoms with Crippen molar-refractivity contribution in [3.05, 3.63) is 58.1 Å². The first-order valence-corrected chi connectivity index (χ1v) is 7.27. The molecule has 2 rings (SSSR count). The van der Waals surface area contributed by atoms with Gasteiger partial charge in [-0.05, 0) is 19.1 Å². The molecule has 0 atom stereocenters. The molecule has 20 heavy (non-hydrogen) atoms. The van der Waals surface area contributed by atoms with Crippen LogP contribution < -0.4 is 9.47 Å². The van der Waals surface area contributed by atoms with E-state index in [-0.39, 0.29) is 6.61 Å². The molecule has 106 valence electrons. The van der Waals surface area contributed by atoms with E-state index in [1.807, 2.05) is 49.4 Å². The average molecular weight is 337 g/mol. The molecule has 0 aliphatic carbocycles. The lowest BCUT2D eigenvalue weighted by atomic mass is 10.2. The van der Waals surface area contributed by atoms with Crippen LogP contribution in [-0.2, 0) is 13.2 Å². The monoisotopic (exact) mass is 336 g/mol. The molecule has 0 amide bonds. The van der Waals surface area contributed by atoms with Crippen LogP contribution >= 0.6 is 15.9 Å². The summed E-state index contributed by atoms with van der Waals surface area (Å²) in [6.45, 7) is 2.81. The van der Waals surface area contributed by atoms with E-state index in [2.05, 4.69) is 15.9 Å². The van der Waals surface area contributed by atoms with E-state index in [9.17, 15) is 5.11 Å². The Bertz CT molecular complexity index is 569. The number of para-hydroxylation sites is 1. The number of ether oxygens (including phenoxy) is 2. The summed E-state index contributed by atoms with van der Waals surface area (Å²) >= 11 is 3.49. The average Bonchev–Trinajstić information content (AvgIpc) is 2.47. The van der Waals surface area contributed by atoms with Crippen molar-refractivity contribution < 1.29 is 14.6 Å². The minimum Gasteiger partial charge on any atom is -0.490 e. The summed E-state index contributed by atoms with van der Waals surface area (Å²) in [7, 11) is 0. The topological polar surface area (TPSA) is 38.7 Å². The Hall–Kier alpha value is -1.52. The van der Waals surface area contributed by atoms with Crippen LogP contribution in [0.3, 0.4) is 0 Å². The Morgan fingerprint density at radius 2 is 1.75 bits per heavy atom. The zero-order valence-electron chi connectivity index (χ0n) is 11.3. The van der Waals surface area contributed by atoms with E-state index >= 15 is 0 Å². The molecule has 2 aromatic carbocycles.